The summed E-state index contributed by atoms with van der Waals surface area (Å²) >= 11 is 5.97. The fraction of sp³-hybridized carbons (Fsp3) is 0.364. The van der Waals surface area contributed by atoms with Crippen molar-refractivity contribution in [1.29, 1.82) is 0 Å². The van der Waals surface area contributed by atoms with Crippen LogP contribution in [0.4, 0.5) is 0 Å². The quantitative estimate of drug-likeness (QED) is 0.475. The number of para-hydroxylation sites is 2. The van der Waals surface area contributed by atoms with Gasteiger partial charge in [-0.1, -0.05) is 23.9 Å². The highest BCUT2D eigenvalue weighted by Gasteiger charge is 2.01. The molecule has 0 atom stereocenters. The number of H-pyrrole nitrogens is 1. The lowest BCUT2D eigenvalue weighted by Crippen LogP contribution is -1.82. The summed E-state index contributed by atoms with van der Waals surface area (Å²) < 4.78 is 0. The van der Waals surface area contributed by atoms with E-state index in [9.17, 15) is 0 Å². The Kier molecular flexibility index (Phi) is 3.97. The lowest BCUT2D eigenvalue weighted by atomic mass is 10.3. The number of hydrogen-bond acceptors (Lipinski definition) is 3. The number of hydrogen-bond donors (Lipinski definition) is 2. The average Bonchev–Trinajstić information content (AvgIpc) is 2.67. The minimum atomic E-state index is 0.973. The summed E-state index contributed by atoms with van der Waals surface area (Å²) in [7, 11) is 0. The zero-order valence-electron chi connectivity index (χ0n) is 8.44. The molecule has 0 unspecified atom stereocenters. The van der Waals surface area contributed by atoms with Crippen molar-refractivity contribution in [1.82, 2.24) is 9.97 Å². The summed E-state index contributed by atoms with van der Waals surface area (Å²) in [5.74, 6) is 2.08. The number of thioether (sulfide) groups is 1. The van der Waals surface area contributed by atoms with E-state index in [1.807, 2.05) is 18.2 Å². The lowest BCUT2D eigenvalue weighted by molar-refractivity contribution is 0.906. The molecule has 1 aromatic heterocycles. The first kappa shape index (κ1) is 10.9. The van der Waals surface area contributed by atoms with Gasteiger partial charge in [-0.05, 0) is 30.7 Å². The summed E-state index contributed by atoms with van der Waals surface area (Å²) in [6, 6.07) is 8.12. The van der Waals surface area contributed by atoms with Crippen molar-refractivity contribution in [3.8, 4) is 0 Å². The second kappa shape index (κ2) is 5.47. The van der Waals surface area contributed by atoms with Crippen LogP contribution in [0.2, 0.25) is 0 Å². The topological polar surface area (TPSA) is 28.7 Å². The van der Waals surface area contributed by atoms with Crippen LogP contribution in [0, 0.1) is 0 Å². The SMILES string of the molecule is SCCCCSc1nc2ccccc2[nH]1. The highest BCUT2D eigenvalue weighted by atomic mass is 32.2. The molecule has 2 rings (SSSR count). The highest BCUT2D eigenvalue weighted by molar-refractivity contribution is 7.99. The van der Waals surface area contributed by atoms with Crippen LogP contribution >= 0.6 is 24.4 Å². The third kappa shape index (κ3) is 2.92. The normalized spacial score (nSPS) is 11.0. The van der Waals surface area contributed by atoms with Gasteiger partial charge in [-0.25, -0.2) is 4.98 Å². The van der Waals surface area contributed by atoms with Crippen molar-refractivity contribution in [2.24, 2.45) is 0 Å². The van der Waals surface area contributed by atoms with E-state index in [4.69, 9.17) is 0 Å². The van der Waals surface area contributed by atoms with Crippen molar-refractivity contribution in [2.45, 2.75) is 18.0 Å². The smallest absolute Gasteiger partial charge is 0.166 e. The Morgan fingerprint density at radius 3 is 2.93 bits per heavy atom. The van der Waals surface area contributed by atoms with Crippen LogP contribution in [0.3, 0.4) is 0 Å². The van der Waals surface area contributed by atoms with Gasteiger partial charge in [0.05, 0.1) is 11.0 Å². The van der Waals surface area contributed by atoms with Gasteiger partial charge in [0.15, 0.2) is 5.16 Å². The predicted octanol–water partition coefficient (Wildman–Crippen LogP) is 3.37. The summed E-state index contributed by atoms with van der Waals surface area (Å²) in [6.45, 7) is 0. The number of nitrogens with one attached hydrogen (secondary N) is 1. The summed E-state index contributed by atoms with van der Waals surface area (Å²) in [4.78, 5) is 7.80. The van der Waals surface area contributed by atoms with Gasteiger partial charge in [-0.2, -0.15) is 12.6 Å². The van der Waals surface area contributed by atoms with Gasteiger partial charge in [0.25, 0.3) is 0 Å². The molecule has 0 aliphatic heterocycles. The lowest BCUT2D eigenvalue weighted by Gasteiger charge is -1.95. The van der Waals surface area contributed by atoms with E-state index in [1.54, 1.807) is 11.8 Å². The molecule has 2 aromatic rings. The maximum Gasteiger partial charge on any atom is 0.166 e. The molecule has 0 aliphatic carbocycles. The molecule has 1 aromatic carbocycles. The molecule has 0 radical (unpaired) electrons. The van der Waals surface area contributed by atoms with Gasteiger partial charge in [0, 0.05) is 5.75 Å². The maximum atomic E-state index is 4.50. The largest absolute Gasteiger partial charge is 0.333 e. The fourth-order valence-electron chi connectivity index (χ4n) is 1.38. The summed E-state index contributed by atoms with van der Waals surface area (Å²) in [5, 5.41) is 1.02. The van der Waals surface area contributed by atoms with Crippen LogP contribution < -0.4 is 0 Å². The molecule has 15 heavy (non-hydrogen) atoms. The Labute approximate surface area is 99.3 Å². The van der Waals surface area contributed by atoms with Gasteiger partial charge >= 0.3 is 0 Å². The number of rotatable bonds is 5. The standard InChI is InChI=1S/C11H14N2S2/c14-7-3-4-8-15-11-12-9-5-1-2-6-10(9)13-11/h1-2,5-6,14H,3-4,7-8H2,(H,12,13). The molecule has 1 heterocycles. The Hall–Kier alpha value is -0.610. The number of fused-ring (bicyclic) bond motifs is 1. The molecule has 2 nitrogen and oxygen atoms in total. The van der Waals surface area contributed by atoms with E-state index in [0.717, 1.165) is 27.7 Å². The van der Waals surface area contributed by atoms with Gasteiger partial charge in [0.1, 0.15) is 0 Å². The second-order valence-electron chi connectivity index (χ2n) is 3.34. The minimum absolute atomic E-state index is 0.973. The number of imidazole rings is 1. The van der Waals surface area contributed by atoms with Gasteiger partial charge in [0.2, 0.25) is 0 Å². The number of aromatic amines is 1. The molecule has 0 aliphatic rings. The van der Waals surface area contributed by atoms with Crippen molar-refractivity contribution < 1.29 is 0 Å². The van der Waals surface area contributed by atoms with Crippen molar-refractivity contribution in [2.75, 3.05) is 11.5 Å². The van der Waals surface area contributed by atoms with Crippen molar-refractivity contribution in [3.05, 3.63) is 24.3 Å². The van der Waals surface area contributed by atoms with E-state index < -0.39 is 0 Å². The van der Waals surface area contributed by atoms with Crippen molar-refractivity contribution in [3.63, 3.8) is 0 Å². The van der Waals surface area contributed by atoms with Crippen LogP contribution in [-0.4, -0.2) is 21.5 Å². The molecule has 0 spiro atoms. The molecule has 0 saturated heterocycles. The molecule has 0 fully saturated rings. The molecule has 1 N–H and O–H groups in total. The van der Waals surface area contributed by atoms with Crippen LogP contribution in [0.5, 0.6) is 0 Å². The molecule has 0 saturated carbocycles. The zero-order chi connectivity index (χ0) is 10.5. The minimum Gasteiger partial charge on any atom is -0.333 e. The van der Waals surface area contributed by atoms with Crippen molar-refractivity contribution >= 4 is 35.4 Å². The van der Waals surface area contributed by atoms with Gasteiger partial charge in [-0.15, -0.1) is 0 Å². The first-order chi connectivity index (χ1) is 7.40. The number of thiol groups is 1. The number of aromatic nitrogens is 2. The number of nitrogens with zero attached hydrogens (tertiary/aromatic N) is 1. The molecule has 0 amide bonds. The van der Waals surface area contributed by atoms with Gasteiger partial charge in [-0.3, -0.25) is 0 Å². The molecular weight excluding hydrogens is 224 g/mol. The molecular formula is C11H14N2S2. The summed E-state index contributed by atoms with van der Waals surface area (Å²) in [6.07, 6.45) is 2.38. The molecule has 4 heteroatoms. The van der Waals surface area contributed by atoms with E-state index in [0.29, 0.717) is 0 Å². The van der Waals surface area contributed by atoms with Crippen LogP contribution in [-0.2, 0) is 0 Å². The van der Waals surface area contributed by atoms with E-state index in [1.165, 1.54) is 12.8 Å². The Bertz CT molecular complexity index is 392. The molecule has 80 valence electrons. The first-order valence-corrected chi connectivity index (χ1v) is 6.70. The summed E-state index contributed by atoms with van der Waals surface area (Å²) in [5.41, 5.74) is 2.17. The van der Waals surface area contributed by atoms with E-state index in [-0.39, 0.29) is 0 Å². The van der Waals surface area contributed by atoms with Gasteiger partial charge < -0.3 is 4.98 Å². The maximum absolute atomic E-state index is 4.50. The average molecular weight is 238 g/mol. The monoisotopic (exact) mass is 238 g/mol. The second-order valence-corrected chi connectivity index (χ2v) is 4.87. The fourth-order valence-corrected chi connectivity index (χ4v) is 2.49. The Balaban J connectivity index is 1.97. The predicted molar refractivity (Wildman–Crippen MR) is 69.9 cm³/mol. The number of benzene rings is 1. The number of unbranched alkanes of at least 4 members (excludes halogenated alkanes) is 1. The Morgan fingerprint density at radius 1 is 1.27 bits per heavy atom. The first-order valence-electron chi connectivity index (χ1n) is 5.08. The van der Waals surface area contributed by atoms with E-state index >= 15 is 0 Å². The zero-order valence-corrected chi connectivity index (χ0v) is 10.2. The van der Waals surface area contributed by atoms with Crippen LogP contribution in [0.25, 0.3) is 11.0 Å². The van der Waals surface area contributed by atoms with Crippen LogP contribution in [0.1, 0.15) is 12.8 Å². The molecule has 0 bridgehead atoms. The highest BCUT2D eigenvalue weighted by Crippen LogP contribution is 2.19. The Morgan fingerprint density at radius 2 is 2.13 bits per heavy atom. The van der Waals surface area contributed by atoms with Crippen LogP contribution in [0.15, 0.2) is 29.4 Å². The third-order valence-electron chi connectivity index (χ3n) is 2.16. The third-order valence-corrected chi connectivity index (χ3v) is 3.43. The van der Waals surface area contributed by atoms with E-state index in [2.05, 4.69) is 28.7 Å².